The summed E-state index contributed by atoms with van der Waals surface area (Å²) in [6.45, 7) is 1.44. The molecule has 0 bridgehead atoms. The third kappa shape index (κ3) is 3.29. The number of hydrogen-bond acceptors (Lipinski definition) is 3. The Morgan fingerprint density at radius 2 is 2.44 bits per heavy atom. The van der Waals surface area contributed by atoms with E-state index < -0.39 is 6.04 Å². The number of rotatable bonds is 4. The second-order valence-electron chi connectivity index (χ2n) is 4.27. The zero-order chi connectivity index (χ0) is 13.0. The van der Waals surface area contributed by atoms with Crippen molar-refractivity contribution >= 4 is 15.9 Å². The number of nitrogens with one attached hydrogen (secondary N) is 1. The standard InChI is InChI=1S/C13H14BrFN2O/c14-12-6-9(15)3-4-11(12)13(7-16)17-8-10-2-1-5-18-10/h3-4,6,10,13,17H,1-2,5,8H2. The molecule has 5 heteroatoms. The average Bonchev–Trinajstić information content (AvgIpc) is 2.85. The van der Waals surface area contributed by atoms with Gasteiger partial charge < -0.3 is 4.74 Å². The van der Waals surface area contributed by atoms with Crippen LogP contribution in [0.25, 0.3) is 0 Å². The van der Waals surface area contributed by atoms with Crippen LogP contribution in [-0.2, 0) is 4.74 Å². The molecule has 0 radical (unpaired) electrons. The van der Waals surface area contributed by atoms with E-state index in [1.807, 2.05) is 0 Å². The molecule has 1 heterocycles. The fraction of sp³-hybridized carbons (Fsp3) is 0.462. The smallest absolute Gasteiger partial charge is 0.124 e. The molecule has 1 aromatic rings. The van der Waals surface area contributed by atoms with E-state index >= 15 is 0 Å². The van der Waals surface area contributed by atoms with Gasteiger partial charge in [-0.2, -0.15) is 5.26 Å². The Hall–Kier alpha value is -0.960. The third-order valence-electron chi connectivity index (χ3n) is 2.98. The third-order valence-corrected chi connectivity index (χ3v) is 3.66. The summed E-state index contributed by atoms with van der Waals surface area (Å²) >= 11 is 3.28. The van der Waals surface area contributed by atoms with Crippen molar-refractivity contribution in [3.63, 3.8) is 0 Å². The monoisotopic (exact) mass is 312 g/mol. The summed E-state index contributed by atoms with van der Waals surface area (Å²) in [7, 11) is 0. The molecule has 1 saturated heterocycles. The summed E-state index contributed by atoms with van der Waals surface area (Å²) in [5.41, 5.74) is 0.747. The Bertz CT molecular complexity index is 455. The van der Waals surface area contributed by atoms with E-state index in [0.29, 0.717) is 11.0 Å². The lowest BCUT2D eigenvalue weighted by molar-refractivity contribution is 0.109. The number of benzene rings is 1. The van der Waals surface area contributed by atoms with Crippen LogP contribution in [0.15, 0.2) is 22.7 Å². The first-order valence-corrected chi connectivity index (χ1v) is 6.69. The van der Waals surface area contributed by atoms with Crippen LogP contribution in [0, 0.1) is 17.1 Å². The predicted molar refractivity (Wildman–Crippen MR) is 69.4 cm³/mol. The van der Waals surface area contributed by atoms with Crippen LogP contribution in [0.4, 0.5) is 4.39 Å². The molecule has 2 rings (SSSR count). The summed E-state index contributed by atoms with van der Waals surface area (Å²) in [6.07, 6.45) is 2.28. The summed E-state index contributed by atoms with van der Waals surface area (Å²) < 4.78 is 19.1. The van der Waals surface area contributed by atoms with Gasteiger partial charge in [0.2, 0.25) is 0 Å². The van der Waals surface area contributed by atoms with Crippen molar-refractivity contribution < 1.29 is 9.13 Å². The zero-order valence-electron chi connectivity index (χ0n) is 9.83. The van der Waals surface area contributed by atoms with E-state index in [9.17, 15) is 9.65 Å². The summed E-state index contributed by atoms with van der Waals surface area (Å²) in [6, 6.07) is 6.08. The van der Waals surface area contributed by atoms with Crippen LogP contribution in [-0.4, -0.2) is 19.3 Å². The highest BCUT2D eigenvalue weighted by Crippen LogP contribution is 2.24. The van der Waals surface area contributed by atoms with Crippen LogP contribution in [0.5, 0.6) is 0 Å². The molecule has 1 aromatic carbocycles. The van der Waals surface area contributed by atoms with Gasteiger partial charge in [0.1, 0.15) is 11.9 Å². The molecule has 2 atom stereocenters. The summed E-state index contributed by atoms with van der Waals surface area (Å²) in [4.78, 5) is 0. The molecule has 0 aliphatic carbocycles. The van der Waals surface area contributed by atoms with Gasteiger partial charge in [-0.15, -0.1) is 0 Å². The summed E-state index contributed by atoms with van der Waals surface area (Å²) in [5, 5.41) is 12.3. The molecule has 96 valence electrons. The largest absolute Gasteiger partial charge is 0.377 e. The Morgan fingerprint density at radius 1 is 1.61 bits per heavy atom. The molecule has 18 heavy (non-hydrogen) atoms. The highest BCUT2D eigenvalue weighted by atomic mass is 79.9. The zero-order valence-corrected chi connectivity index (χ0v) is 11.4. The van der Waals surface area contributed by atoms with Crippen molar-refractivity contribution in [2.45, 2.75) is 25.0 Å². The van der Waals surface area contributed by atoms with Gasteiger partial charge in [0.05, 0.1) is 12.2 Å². The Labute approximate surface area is 114 Å². The first-order chi connectivity index (χ1) is 8.70. The molecular weight excluding hydrogens is 299 g/mol. The van der Waals surface area contributed by atoms with Crippen LogP contribution < -0.4 is 5.32 Å². The topological polar surface area (TPSA) is 45.0 Å². The van der Waals surface area contributed by atoms with Crippen molar-refractivity contribution in [2.75, 3.05) is 13.2 Å². The molecular formula is C13H14BrFN2O. The van der Waals surface area contributed by atoms with Gasteiger partial charge in [-0.1, -0.05) is 22.0 Å². The molecule has 3 nitrogen and oxygen atoms in total. The number of nitrogens with zero attached hydrogens (tertiary/aromatic N) is 1. The van der Waals surface area contributed by atoms with Gasteiger partial charge in [0, 0.05) is 17.6 Å². The lowest BCUT2D eigenvalue weighted by atomic mass is 10.1. The normalized spacial score (nSPS) is 20.6. The molecule has 0 aromatic heterocycles. The van der Waals surface area contributed by atoms with E-state index in [4.69, 9.17) is 4.74 Å². The van der Waals surface area contributed by atoms with Crippen LogP contribution in [0.1, 0.15) is 24.4 Å². The van der Waals surface area contributed by atoms with Gasteiger partial charge in [-0.25, -0.2) is 4.39 Å². The molecule has 1 aliphatic rings. The van der Waals surface area contributed by atoms with Gasteiger partial charge in [0.25, 0.3) is 0 Å². The highest BCUT2D eigenvalue weighted by Gasteiger charge is 2.19. The van der Waals surface area contributed by atoms with Crippen molar-refractivity contribution in [1.82, 2.24) is 5.32 Å². The quantitative estimate of drug-likeness (QED) is 0.929. The highest BCUT2D eigenvalue weighted by molar-refractivity contribution is 9.10. The molecule has 1 N–H and O–H groups in total. The van der Waals surface area contributed by atoms with Crippen molar-refractivity contribution in [2.24, 2.45) is 0 Å². The van der Waals surface area contributed by atoms with Gasteiger partial charge in [-0.3, -0.25) is 5.32 Å². The molecule has 1 fully saturated rings. The van der Waals surface area contributed by atoms with Gasteiger partial charge >= 0.3 is 0 Å². The first kappa shape index (κ1) is 13.5. The van der Waals surface area contributed by atoms with Gasteiger partial charge in [-0.05, 0) is 30.5 Å². The fourth-order valence-corrected chi connectivity index (χ4v) is 2.60. The van der Waals surface area contributed by atoms with Crippen molar-refractivity contribution in [3.8, 4) is 6.07 Å². The molecule has 0 spiro atoms. The fourth-order valence-electron chi connectivity index (χ4n) is 2.02. The molecule has 0 saturated carbocycles. The minimum Gasteiger partial charge on any atom is -0.377 e. The van der Waals surface area contributed by atoms with E-state index in [1.165, 1.54) is 12.1 Å². The Kier molecular flexibility index (Phi) is 4.70. The van der Waals surface area contributed by atoms with Crippen molar-refractivity contribution in [1.29, 1.82) is 5.26 Å². The lowest BCUT2D eigenvalue weighted by Gasteiger charge is -2.16. The first-order valence-electron chi connectivity index (χ1n) is 5.90. The SMILES string of the molecule is N#CC(NCC1CCCO1)c1ccc(F)cc1Br. The molecule has 1 aliphatic heterocycles. The van der Waals surface area contributed by atoms with Crippen LogP contribution >= 0.6 is 15.9 Å². The van der Waals surface area contributed by atoms with E-state index in [-0.39, 0.29) is 11.9 Å². The number of ether oxygens (including phenoxy) is 1. The maximum absolute atomic E-state index is 13.0. The van der Waals surface area contributed by atoms with Crippen molar-refractivity contribution in [3.05, 3.63) is 34.1 Å². The maximum atomic E-state index is 13.0. The predicted octanol–water partition coefficient (Wildman–Crippen LogP) is 2.92. The lowest BCUT2D eigenvalue weighted by Crippen LogP contribution is -2.29. The van der Waals surface area contributed by atoms with E-state index in [0.717, 1.165) is 25.0 Å². The van der Waals surface area contributed by atoms with Crippen LogP contribution in [0.3, 0.4) is 0 Å². The van der Waals surface area contributed by atoms with E-state index in [2.05, 4.69) is 27.3 Å². The van der Waals surface area contributed by atoms with E-state index in [1.54, 1.807) is 6.07 Å². The summed E-state index contributed by atoms with van der Waals surface area (Å²) in [5.74, 6) is -0.318. The number of halogens is 2. The molecule has 0 amide bonds. The minimum atomic E-state index is -0.454. The number of hydrogen-bond donors (Lipinski definition) is 1. The second-order valence-corrected chi connectivity index (χ2v) is 5.13. The second kappa shape index (κ2) is 6.28. The minimum absolute atomic E-state index is 0.181. The average molecular weight is 313 g/mol. The van der Waals surface area contributed by atoms with Gasteiger partial charge in [0.15, 0.2) is 0 Å². The maximum Gasteiger partial charge on any atom is 0.124 e. The molecule has 2 unspecified atom stereocenters. The van der Waals surface area contributed by atoms with Crippen LogP contribution in [0.2, 0.25) is 0 Å². The Balaban J connectivity index is 2.01. The number of nitriles is 1. The Morgan fingerprint density at radius 3 is 3.06 bits per heavy atom.